The van der Waals surface area contributed by atoms with Gasteiger partial charge in [-0.2, -0.15) is 0 Å². The number of amides is 3. The van der Waals surface area contributed by atoms with Gasteiger partial charge in [0, 0.05) is 29.6 Å². The van der Waals surface area contributed by atoms with E-state index in [0.717, 1.165) is 41.2 Å². The van der Waals surface area contributed by atoms with Gasteiger partial charge >= 0.3 is 6.03 Å². The number of nitrogen functional groups attached to an aromatic ring is 1. The normalized spacial score (nSPS) is 21.1. The number of urea groups is 1. The van der Waals surface area contributed by atoms with Crippen LogP contribution >= 0.6 is 22.7 Å². The van der Waals surface area contributed by atoms with Crippen LogP contribution in [0.2, 0.25) is 0 Å². The molecule has 3 unspecified atom stereocenters. The van der Waals surface area contributed by atoms with Crippen LogP contribution in [0.25, 0.3) is 21.1 Å². The third-order valence-corrected chi connectivity index (χ3v) is 8.30. The topological polar surface area (TPSA) is 122 Å². The summed E-state index contributed by atoms with van der Waals surface area (Å²) >= 11 is 2.74. The van der Waals surface area contributed by atoms with E-state index in [1.807, 2.05) is 29.6 Å². The third-order valence-electron chi connectivity index (χ3n) is 6.31. The van der Waals surface area contributed by atoms with Crippen LogP contribution < -0.4 is 21.7 Å². The Kier molecular flexibility index (Phi) is 6.34. The van der Waals surface area contributed by atoms with Crippen molar-refractivity contribution < 1.29 is 9.59 Å². The van der Waals surface area contributed by atoms with Crippen LogP contribution in [-0.4, -0.2) is 29.0 Å². The highest BCUT2D eigenvalue weighted by Crippen LogP contribution is 2.40. The summed E-state index contributed by atoms with van der Waals surface area (Å²) in [4.78, 5) is 34.2. The molecule has 5 N–H and O–H groups in total. The summed E-state index contributed by atoms with van der Waals surface area (Å²) in [6, 6.07) is 7.41. The van der Waals surface area contributed by atoms with Crippen molar-refractivity contribution in [1.82, 2.24) is 15.3 Å². The van der Waals surface area contributed by atoms with Crippen molar-refractivity contribution in [2.24, 2.45) is 17.8 Å². The number of hydrogen-bond donors (Lipinski definition) is 4. The molecular formula is C24H26N6O2S2. The highest BCUT2D eigenvalue weighted by Gasteiger charge is 2.33. The Hall–Kier alpha value is -3.24. The van der Waals surface area contributed by atoms with Crippen molar-refractivity contribution in [1.29, 1.82) is 0 Å². The molecule has 2 bridgehead atoms. The van der Waals surface area contributed by atoms with Gasteiger partial charge in [-0.1, -0.05) is 35.6 Å². The smallest absolute Gasteiger partial charge is 0.320 e. The summed E-state index contributed by atoms with van der Waals surface area (Å²) in [5.41, 5.74) is 8.55. The molecule has 10 heteroatoms. The standard InChI is InChI=1S/C24H26N6O2S2/c1-26-23(32)30-24-29-20(25)19(34-24)22-28-18(12-33-22)15-6-3-7-17(11-15)27-21(31)16-9-13-4-2-5-14(8-13)10-16/h2-4,6-7,11-14,16H,5,8-10,25H2,1H3,(H,27,31)(H2,26,29,30,32). The van der Waals surface area contributed by atoms with E-state index in [2.05, 4.69) is 33.1 Å². The number of benzene rings is 1. The number of fused-ring (bicyclic) bond motifs is 2. The molecular weight excluding hydrogens is 468 g/mol. The maximum atomic E-state index is 13.0. The van der Waals surface area contributed by atoms with Gasteiger partial charge in [-0.05, 0) is 49.7 Å². The van der Waals surface area contributed by atoms with Crippen LogP contribution in [0.15, 0.2) is 41.8 Å². The molecule has 2 aliphatic carbocycles. The predicted molar refractivity (Wildman–Crippen MR) is 138 cm³/mol. The van der Waals surface area contributed by atoms with Crippen molar-refractivity contribution in [2.75, 3.05) is 23.4 Å². The minimum absolute atomic E-state index is 0.0649. The largest absolute Gasteiger partial charge is 0.382 e. The summed E-state index contributed by atoms with van der Waals surface area (Å²) in [6.07, 6.45) is 8.77. The lowest BCUT2D eigenvalue weighted by Gasteiger charge is -2.35. The SMILES string of the molecule is CNC(=O)Nc1nc(N)c(-c2nc(-c3cccc(NC(=O)C4CC5C=CCC(C5)C4)c3)cs2)s1. The van der Waals surface area contributed by atoms with Crippen molar-refractivity contribution in [3.63, 3.8) is 0 Å². The van der Waals surface area contributed by atoms with Crippen molar-refractivity contribution in [2.45, 2.75) is 25.7 Å². The number of allylic oxidation sites excluding steroid dienone is 2. The van der Waals surface area contributed by atoms with E-state index in [1.54, 1.807) is 0 Å². The maximum absolute atomic E-state index is 13.0. The third kappa shape index (κ3) is 4.83. The number of rotatable bonds is 5. The zero-order valence-corrected chi connectivity index (χ0v) is 20.3. The number of nitrogens with one attached hydrogen (secondary N) is 3. The van der Waals surface area contributed by atoms with E-state index >= 15 is 0 Å². The molecule has 3 amide bonds. The van der Waals surface area contributed by atoms with Crippen LogP contribution in [0.4, 0.5) is 21.4 Å². The van der Waals surface area contributed by atoms with Gasteiger partial charge in [0.15, 0.2) is 5.13 Å². The van der Waals surface area contributed by atoms with Crippen molar-refractivity contribution in [3.8, 4) is 21.1 Å². The van der Waals surface area contributed by atoms with Gasteiger partial charge in [-0.25, -0.2) is 14.8 Å². The lowest BCUT2D eigenvalue weighted by Crippen LogP contribution is -2.32. The average Bonchev–Trinajstić information content (AvgIpc) is 3.45. The fourth-order valence-corrected chi connectivity index (χ4v) is 6.53. The summed E-state index contributed by atoms with van der Waals surface area (Å²) < 4.78 is 0. The summed E-state index contributed by atoms with van der Waals surface area (Å²) in [5, 5.41) is 11.3. The fourth-order valence-electron chi connectivity index (χ4n) is 4.72. The second kappa shape index (κ2) is 9.55. The van der Waals surface area contributed by atoms with Crippen LogP contribution in [0.5, 0.6) is 0 Å². The average molecular weight is 495 g/mol. The molecule has 2 heterocycles. The highest BCUT2D eigenvalue weighted by atomic mass is 32.1. The first kappa shape index (κ1) is 22.5. The monoisotopic (exact) mass is 494 g/mol. The molecule has 176 valence electrons. The zero-order chi connectivity index (χ0) is 23.7. The number of carbonyl (C=O) groups excluding carboxylic acids is 2. The van der Waals surface area contributed by atoms with E-state index in [9.17, 15) is 9.59 Å². The minimum atomic E-state index is -0.355. The molecule has 0 saturated heterocycles. The van der Waals surface area contributed by atoms with Gasteiger partial charge in [0.05, 0.1) is 5.69 Å². The summed E-state index contributed by atoms with van der Waals surface area (Å²) in [6.45, 7) is 0. The van der Waals surface area contributed by atoms with E-state index in [0.29, 0.717) is 27.7 Å². The zero-order valence-electron chi connectivity index (χ0n) is 18.7. The van der Waals surface area contributed by atoms with Gasteiger partial charge in [0.25, 0.3) is 0 Å². The molecule has 3 aromatic rings. The molecule has 3 atom stereocenters. The van der Waals surface area contributed by atoms with Crippen molar-refractivity contribution in [3.05, 3.63) is 41.8 Å². The van der Waals surface area contributed by atoms with E-state index in [4.69, 9.17) is 10.7 Å². The fraction of sp³-hybridized carbons (Fsp3) is 0.333. The lowest BCUT2D eigenvalue weighted by molar-refractivity contribution is -0.121. The van der Waals surface area contributed by atoms with Gasteiger partial charge in [0.2, 0.25) is 5.91 Å². The number of nitrogens with zero attached hydrogens (tertiary/aromatic N) is 2. The molecule has 34 heavy (non-hydrogen) atoms. The first-order valence-electron chi connectivity index (χ1n) is 11.3. The first-order chi connectivity index (χ1) is 16.5. The first-order valence-corrected chi connectivity index (χ1v) is 13.0. The van der Waals surface area contributed by atoms with Crippen LogP contribution in [-0.2, 0) is 4.79 Å². The predicted octanol–water partition coefficient (Wildman–Crippen LogP) is 5.20. The number of nitrogens with two attached hydrogens (primary N) is 1. The number of hydrogen-bond acceptors (Lipinski definition) is 7. The molecule has 1 aromatic carbocycles. The number of anilines is 3. The van der Waals surface area contributed by atoms with E-state index < -0.39 is 0 Å². The Morgan fingerprint density at radius 1 is 1.15 bits per heavy atom. The Balaban J connectivity index is 1.29. The molecule has 0 spiro atoms. The van der Waals surface area contributed by atoms with Gasteiger partial charge in [0.1, 0.15) is 15.7 Å². The molecule has 8 nitrogen and oxygen atoms in total. The Morgan fingerprint density at radius 2 is 2.03 bits per heavy atom. The molecule has 2 aromatic heterocycles. The second-order valence-electron chi connectivity index (χ2n) is 8.74. The molecule has 0 radical (unpaired) electrons. The number of thiazole rings is 2. The molecule has 2 aliphatic rings. The molecule has 1 saturated carbocycles. The van der Waals surface area contributed by atoms with Crippen LogP contribution in [0.1, 0.15) is 25.7 Å². The highest BCUT2D eigenvalue weighted by molar-refractivity contribution is 7.23. The van der Waals surface area contributed by atoms with E-state index in [-0.39, 0.29) is 17.9 Å². The van der Waals surface area contributed by atoms with Gasteiger partial charge in [-0.3, -0.25) is 10.1 Å². The summed E-state index contributed by atoms with van der Waals surface area (Å²) in [5.74, 6) is 1.66. The number of aromatic nitrogens is 2. The Labute approximate surface area is 205 Å². The summed E-state index contributed by atoms with van der Waals surface area (Å²) in [7, 11) is 1.54. The minimum Gasteiger partial charge on any atom is -0.382 e. The van der Waals surface area contributed by atoms with Gasteiger partial charge in [-0.15, -0.1) is 11.3 Å². The Bertz CT molecular complexity index is 1250. The molecule has 5 rings (SSSR count). The lowest BCUT2D eigenvalue weighted by atomic mass is 9.71. The van der Waals surface area contributed by atoms with Crippen LogP contribution in [0, 0.1) is 17.8 Å². The number of carbonyl (C=O) groups is 2. The second-order valence-corrected chi connectivity index (χ2v) is 10.6. The molecule has 0 aliphatic heterocycles. The quantitative estimate of drug-likeness (QED) is 0.363. The van der Waals surface area contributed by atoms with Crippen LogP contribution in [0.3, 0.4) is 0 Å². The molecule has 1 fully saturated rings. The van der Waals surface area contributed by atoms with Gasteiger partial charge < -0.3 is 16.4 Å². The Morgan fingerprint density at radius 3 is 2.85 bits per heavy atom. The van der Waals surface area contributed by atoms with Crippen molar-refractivity contribution >= 4 is 51.2 Å². The maximum Gasteiger partial charge on any atom is 0.320 e. The van der Waals surface area contributed by atoms with E-state index in [1.165, 1.54) is 36.1 Å².